The van der Waals surface area contributed by atoms with Crippen LogP contribution in [-0.2, 0) is 4.74 Å². The van der Waals surface area contributed by atoms with Crippen molar-refractivity contribution in [3.05, 3.63) is 0 Å². The van der Waals surface area contributed by atoms with Crippen LogP contribution in [-0.4, -0.2) is 25.3 Å². The highest BCUT2D eigenvalue weighted by Crippen LogP contribution is 2.32. The zero-order valence-corrected chi connectivity index (χ0v) is 15.2. The van der Waals surface area contributed by atoms with Crippen LogP contribution in [0.5, 0.6) is 0 Å². The summed E-state index contributed by atoms with van der Waals surface area (Å²) in [5.41, 5.74) is 0. The molecule has 4 atom stereocenters. The molecule has 0 spiro atoms. The molecule has 126 valence electrons. The number of rotatable bonds is 10. The van der Waals surface area contributed by atoms with Crippen LogP contribution in [0, 0.1) is 17.8 Å². The minimum absolute atomic E-state index is 0.432. The lowest BCUT2D eigenvalue weighted by Crippen LogP contribution is -2.46. The molecule has 2 nitrogen and oxygen atoms in total. The second-order valence-electron chi connectivity index (χ2n) is 7.27. The number of nitrogens with one attached hydrogen (secondary N) is 1. The van der Waals surface area contributed by atoms with E-state index in [1.165, 1.54) is 44.9 Å². The molecule has 1 saturated carbocycles. The minimum Gasteiger partial charge on any atom is -0.376 e. The molecule has 2 heteroatoms. The Hall–Kier alpha value is -0.0800. The van der Waals surface area contributed by atoms with Gasteiger partial charge in [0.15, 0.2) is 0 Å². The number of unbranched alkanes of at least 4 members (excludes halogenated alkanes) is 1. The van der Waals surface area contributed by atoms with Gasteiger partial charge in [-0.05, 0) is 50.0 Å². The van der Waals surface area contributed by atoms with E-state index in [2.05, 4.69) is 39.9 Å². The Morgan fingerprint density at radius 1 is 1.14 bits per heavy atom. The zero-order valence-electron chi connectivity index (χ0n) is 15.2. The Bertz CT molecular complexity index is 254. The summed E-state index contributed by atoms with van der Waals surface area (Å²) >= 11 is 0. The van der Waals surface area contributed by atoms with Crippen LogP contribution in [0.25, 0.3) is 0 Å². The predicted molar refractivity (Wildman–Crippen MR) is 92.7 cm³/mol. The molecule has 0 radical (unpaired) electrons. The van der Waals surface area contributed by atoms with E-state index in [4.69, 9.17) is 4.74 Å². The SMILES string of the molecule is CCCCC(CC)COC1CC(C(C)C)CCC1NCC. The third-order valence-electron chi connectivity index (χ3n) is 5.33. The zero-order chi connectivity index (χ0) is 15.7. The third kappa shape index (κ3) is 6.69. The number of hydrogen-bond acceptors (Lipinski definition) is 2. The second-order valence-corrected chi connectivity index (χ2v) is 7.27. The minimum atomic E-state index is 0.432. The fourth-order valence-corrected chi connectivity index (χ4v) is 3.60. The molecule has 1 aliphatic carbocycles. The van der Waals surface area contributed by atoms with Gasteiger partial charge in [-0.15, -0.1) is 0 Å². The van der Waals surface area contributed by atoms with E-state index in [-0.39, 0.29) is 0 Å². The molecule has 4 unspecified atom stereocenters. The quantitative estimate of drug-likeness (QED) is 0.611. The van der Waals surface area contributed by atoms with Crippen LogP contribution < -0.4 is 5.32 Å². The largest absolute Gasteiger partial charge is 0.376 e. The molecule has 1 fully saturated rings. The molecule has 0 aromatic heterocycles. The summed E-state index contributed by atoms with van der Waals surface area (Å²) in [6, 6.07) is 0.577. The Morgan fingerprint density at radius 2 is 1.90 bits per heavy atom. The van der Waals surface area contributed by atoms with Gasteiger partial charge in [0.1, 0.15) is 0 Å². The molecule has 1 aliphatic rings. The average Bonchev–Trinajstić information content (AvgIpc) is 2.48. The molecule has 0 aromatic rings. The van der Waals surface area contributed by atoms with Gasteiger partial charge in [-0.3, -0.25) is 0 Å². The molecule has 0 heterocycles. The van der Waals surface area contributed by atoms with E-state index in [0.29, 0.717) is 12.1 Å². The van der Waals surface area contributed by atoms with Gasteiger partial charge in [-0.25, -0.2) is 0 Å². The molecule has 1 rings (SSSR count). The first kappa shape index (κ1) is 19.0. The Morgan fingerprint density at radius 3 is 2.48 bits per heavy atom. The van der Waals surface area contributed by atoms with Crippen LogP contribution in [0.4, 0.5) is 0 Å². The number of ether oxygens (including phenoxy) is 1. The molecule has 0 aromatic carbocycles. The standard InChI is InChI=1S/C19H39NO/c1-6-9-10-16(7-2)14-21-19-13-17(15(4)5)11-12-18(19)20-8-3/h15-20H,6-14H2,1-5H3. The average molecular weight is 298 g/mol. The van der Waals surface area contributed by atoms with E-state index < -0.39 is 0 Å². The fraction of sp³-hybridized carbons (Fsp3) is 1.00. The van der Waals surface area contributed by atoms with E-state index in [1.807, 2.05) is 0 Å². The van der Waals surface area contributed by atoms with Crippen molar-refractivity contribution in [1.29, 1.82) is 0 Å². The highest BCUT2D eigenvalue weighted by molar-refractivity contribution is 4.86. The summed E-state index contributed by atoms with van der Waals surface area (Å²) < 4.78 is 6.42. The van der Waals surface area contributed by atoms with E-state index in [9.17, 15) is 0 Å². The van der Waals surface area contributed by atoms with Gasteiger partial charge in [0, 0.05) is 12.6 Å². The monoisotopic (exact) mass is 297 g/mol. The van der Waals surface area contributed by atoms with Crippen molar-refractivity contribution in [1.82, 2.24) is 5.32 Å². The summed E-state index contributed by atoms with van der Waals surface area (Å²) in [7, 11) is 0. The molecule has 0 amide bonds. The van der Waals surface area contributed by atoms with Gasteiger partial charge >= 0.3 is 0 Å². The summed E-state index contributed by atoms with van der Waals surface area (Å²) in [4.78, 5) is 0. The smallest absolute Gasteiger partial charge is 0.0730 e. The molecule has 0 bridgehead atoms. The Kier molecular flexibility index (Phi) is 9.59. The highest BCUT2D eigenvalue weighted by atomic mass is 16.5. The molecule has 0 aliphatic heterocycles. The summed E-state index contributed by atoms with van der Waals surface area (Å²) in [6.45, 7) is 13.6. The summed E-state index contributed by atoms with van der Waals surface area (Å²) in [5.74, 6) is 2.40. The van der Waals surface area contributed by atoms with E-state index >= 15 is 0 Å². The van der Waals surface area contributed by atoms with Crippen LogP contribution in [0.2, 0.25) is 0 Å². The topological polar surface area (TPSA) is 21.3 Å². The molecular weight excluding hydrogens is 258 g/mol. The highest BCUT2D eigenvalue weighted by Gasteiger charge is 2.32. The van der Waals surface area contributed by atoms with E-state index in [0.717, 1.165) is 30.9 Å². The Balaban J connectivity index is 2.48. The molecule has 21 heavy (non-hydrogen) atoms. The second kappa shape index (κ2) is 10.6. The van der Waals surface area contributed by atoms with Crippen LogP contribution in [0.1, 0.15) is 79.6 Å². The predicted octanol–water partition coefficient (Wildman–Crippen LogP) is 5.02. The van der Waals surface area contributed by atoms with Gasteiger partial charge in [-0.2, -0.15) is 0 Å². The van der Waals surface area contributed by atoms with Crippen molar-refractivity contribution in [3.63, 3.8) is 0 Å². The van der Waals surface area contributed by atoms with E-state index in [1.54, 1.807) is 0 Å². The van der Waals surface area contributed by atoms with Gasteiger partial charge in [0.25, 0.3) is 0 Å². The maximum absolute atomic E-state index is 6.42. The van der Waals surface area contributed by atoms with Gasteiger partial charge in [0.2, 0.25) is 0 Å². The lowest BCUT2D eigenvalue weighted by atomic mass is 9.78. The number of hydrogen-bond donors (Lipinski definition) is 1. The van der Waals surface area contributed by atoms with Gasteiger partial charge < -0.3 is 10.1 Å². The number of likely N-dealkylation sites (N-methyl/N-ethyl adjacent to an activating group) is 1. The van der Waals surface area contributed by atoms with Crippen LogP contribution >= 0.6 is 0 Å². The summed E-state index contributed by atoms with van der Waals surface area (Å²) in [6.07, 6.45) is 9.56. The van der Waals surface area contributed by atoms with Crippen LogP contribution in [0.15, 0.2) is 0 Å². The van der Waals surface area contributed by atoms with Gasteiger partial charge in [-0.1, -0.05) is 53.9 Å². The third-order valence-corrected chi connectivity index (χ3v) is 5.33. The maximum atomic E-state index is 6.42. The van der Waals surface area contributed by atoms with Crippen molar-refractivity contribution in [3.8, 4) is 0 Å². The van der Waals surface area contributed by atoms with Crippen molar-refractivity contribution in [2.45, 2.75) is 91.7 Å². The molecule has 0 saturated heterocycles. The summed E-state index contributed by atoms with van der Waals surface area (Å²) in [5, 5.41) is 3.65. The van der Waals surface area contributed by atoms with Crippen molar-refractivity contribution < 1.29 is 4.74 Å². The fourth-order valence-electron chi connectivity index (χ4n) is 3.60. The lowest BCUT2D eigenvalue weighted by Gasteiger charge is -2.38. The van der Waals surface area contributed by atoms with Crippen molar-refractivity contribution in [2.75, 3.05) is 13.2 Å². The normalized spacial score (nSPS) is 28.0. The molecule has 1 N–H and O–H groups in total. The Labute approximate surface area is 133 Å². The first-order chi connectivity index (χ1) is 10.1. The van der Waals surface area contributed by atoms with Crippen molar-refractivity contribution in [2.24, 2.45) is 17.8 Å². The molecular formula is C19H39NO. The lowest BCUT2D eigenvalue weighted by molar-refractivity contribution is -0.0326. The van der Waals surface area contributed by atoms with Gasteiger partial charge in [0.05, 0.1) is 6.10 Å². The van der Waals surface area contributed by atoms with Crippen molar-refractivity contribution >= 4 is 0 Å². The maximum Gasteiger partial charge on any atom is 0.0730 e. The van der Waals surface area contributed by atoms with Crippen LogP contribution in [0.3, 0.4) is 0 Å². The first-order valence-electron chi connectivity index (χ1n) is 9.47. The first-order valence-corrected chi connectivity index (χ1v) is 9.47.